The predicted molar refractivity (Wildman–Crippen MR) is 100 cm³/mol. The third-order valence-corrected chi connectivity index (χ3v) is 5.13. The normalized spacial score (nSPS) is 11.0. The molecule has 8 heteroatoms. The van der Waals surface area contributed by atoms with Gasteiger partial charge in [0.25, 0.3) is 5.91 Å². The lowest BCUT2D eigenvalue weighted by Crippen LogP contribution is -2.14. The maximum absolute atomic E-state index is 12.5. The number of carboxylic acids is 1. The first-order chi connectivity index (χ1) is 12.5. The number of fused-ring (bicyclic) bond motifs is 1. The molecule has 1 aromatic carbocycles. The molecule has 3 heterocycles. The number of hydrogen-bond acceptors (Lipinski definition) is 4. The number of rotatable bonds is 4. The molecule has 1 amide bonds. The van der Waals surface area contributed by atoms with Gasteiger partial charge in [-0.1, -0.05) is 23.7 Å². The standard InChI is InChI=1S/C18H11ClN2O4S/c19-10-3-1-9(2-4-10)16-15(18(23)24)13(8-26-16)21-17(22)12-7-14-11(20-12)5-6-25-14/h1-8,20H,(H,21,22)(H,23,24). The summed E-state index contributed by atoms with van der Waals surface area (Å²) in [6, 6.07) is 10.1. The first kappa shape index (κ1) is 16.4. The maximum atomic E-state index is 12.5. The van der Waals surface area contributed by atoms with Crippen LogP contribution in [0.5, 0.6) is 0 Å². The average molecular weight is 387 g/mol. The SMILES string of the molecule is O=C(Nc1csc(-c2ccc(Cl)cc2)c1C(=O)O)c1cc2occc2[nH]1. The number of aromatic nitrogens is 1. The second-order valence-electron chi connectivity index (χ2n) is 5.50. The zero-order valence-electron chi connectivity index (χ0n) is 13.1. The molecule has 0 aliphatic carbocycles. The largest absolute Gasteiger partial charge is 0.478 e. The smallest absolute Gasteiger partial charge is 0.339 e. The minimum Gasteiger partial charge on any atom is -0.478 e. The van der Waals surface area contributed by atoms with E-state index in [1.807, 2.05) is 0 Å². The molecule has 4 rings (SSSR count). The highest BCUT2D eigenvalue weighted by Crippen LogP contribution is 2.36. The van der Waals surface area contributed by atoms with Crippen molar-refractivity contribution in [3.63, 3.8) is 0 Å². The number of carboxylic acid groups (broad SMARTS) is 1. The lowest BCUT2D eigenvalue weighted by Gasteiger charge is -2.05. The summed E-state index contributed by atoms with van der Waals surface area (Å²) in [6.45, 7) is 0. The highest BCUT2D eigenvalue weighted by Gasteiger charge is 2.22. The van der Waals surface area contributed by atoms with E-state index in [0.717, 1.165) is 5.56 Å². The molecule has 0 spiro atoms. The molecule has 0 bridgehead atoms. The van der Waals surface area contributed by atoms with Crippen LogP contribution in [0.4, 0.5) is 5.69 Å². The van der Waals surface area contributed by atoms with Gasteiger partial charge in [-0.05, 0) is 17.7 Å². The molecule has 0 fully saturated rings. The Morgan fingerprint density at radius 3 is 2.65 bits per heavy atom. The van der Waals surface area contributed by atoms with Gasteiger partial charge in [-0.3, -0.25) is 4.79 Å². The van der Waals surface area contributed by atoms with E-state index in [-0.39, 0.29) is 16.9 Å². The van der Waals surface area contributed by atoms with Gasteiger partial charge < -0.3 is 19.8 Å². The summed E-state index contributed by atoms with van der Waals surface area (Å²) in [5.41, 5.74) is 2.54. The zero-order valence-corrected chi connectivity index (χ0v) is 14.6. The minimum absolute atomic E-state index is 0.0425. The number of amides is 1. The van der Waals surface area contributed by atoms with Crippen molar-refractivity contribution in [3.05, 3.63) is 64.3 Å². The van der Waals surface area contributed by atoms with E-state index in [1.54, 1.807) is 41.8 Å². The van der Waals surface area contributed by atoms with Crippen LogP contribution in [-0.2, 0) is 0 Å². The van der Waals surface area contributed by atoms with Crippen LogP contribution < -0.4 is 5.32 Å². The van der Waals surface area contributed by atoms with E-state index in [0.29, 0.717) is 21.0 Å². The Morgan fingerprint density at radius 2 is 1.96 bits per heavy atom. The molecule has 3 N–H and O–H groups in total. The summed E-state index contributed by atoms with van der Waals surface area (Å²) in [5, 5.41) is 14.4. The first-order valence-electron chi connectivity index (χ1n) is 7.51. The van der Waals surface area contributed by atoms with Gasteiger partial charge in [0.05, 0.1) is 22.3 Å². The fourth-order valence-electron chi connectivity index (χ4n) is 2.64. The quantitative estimate of drug-likeness (QED) is 0.455. The summed E-state index contributed by atoms with van der Waals surface area (Å²) in [4.78, 5) is 27.7. The Kier molecular flexibility index (Phi) is 4.02. The van der Waals surface area contributed by atoms with Crippen molar-refractivity contribution in [2.24, 2.45) is 0 Å². The van der Waals surface area contributed by atoms with Gasteiger partial charge in [0.1, 0.15) is 11.3 Å². The van der Waals surface area contributed by atoms with Crippen molar-refractivity contribution in [1.82, 2.24) is 4.98 Å². The molecule has 0 atom stereocenters. The number of H-pyrrole nitrogens is 1. The topological polar surface area (TPSA) is 95.3 Å². The Hall–Kier alpha value is -3.03. The van der Waals surface area contributed by atoms with Gasteiger partial charge in [-0.2, -0.15) is 0 Å². The Balaban J connectivity index is 1.68. The number of carbonyl (C=O) groups excluding carboxylic acids is 1. The molecule has 3 aromatic heterocycles. The van der Waals surface area contributed by atoms with Crippen molar-refractivity contribution in [2.75, 3.05) is 5.32 Å². The summed E-state index contributed by atoms with van der Waals surface area (Å²) in [5.74, 6) is -1.56. The summed E-state index contributed by atoms with van der Waals surface area (Å²) in [6.07, 6.45) is 1.52. The molecule has 26 heavy (non-hydrogen) atoms. The van der Waals surface area contributed by atoms with Gasteiger partial charge in [0, 0.05) is 22.5 Å². The molecule has 0 aliphatic heterocycles. The third-order valence-electron chi connectivity index (χ3n) is 3.84. The third kappa shape index (κ3) is 2.87. The predicted octanol–water partition coefficient (Wildman–Crippen LogP) is 5.09. The van der Waals surface area contributed by atoms with Crippen LogP contribution in [0, 0.1) is 0 Å². The van der Waals surface area contributed by atoms with Crippen LogP contribution in [0.3, 0.4) is 0 Å². The second kappa shape index (κ2) is 6.36. The van der Waals surface area contributed by atoms with Gasteiger partial charge in [0.15, 0.2) is 5.58 Å². The summed E-state index contributed by atoms with van der Waals surface area (Å²) < 4.78 is 5.22. The van der Waals surface area contributed by atoms with E-state index in [1.165, 1.54) is 17.6 Å². The molecule has 130 valence electrons. The van der Waals surface area contributed by atoms with Crippen molar-refractivity contribution >= 4 is 51.6 Å². The van der Waals surface area contributed by atoms with Crippen LogP contribution in [0.2, 0.25) is 5.02 Å². The van der Waals surface area contributed by atoms with Gasteiger partial charge in [0.2, 0.25) is 0 Å². The molecule has 0 aliphatic rings. The van der Waals surface area contributed by atoms with Crippen molar-refractivity contribution in [3.8, 4) is 10.4 Å². The Labute approximate surface area is 156 Å². The first-order valence-corrected chi connectivity index (χ1v) is 8.77. The lowest BCUT2D eigenvalue weighted by molar-refractivity contribution is 0.0699. The van der Waals surface area contributed by atoms with Gasteiger partial charge in [-0.25, -0.2) is 4.79 Å². The second-order valence-corrected chi connectivity index (χ2v) is 6.82. The number of nitrogens with one attached hydrogen (secondary N) is 2. The van der Waals surface area contributed by atoms with Crippen molar-refractivity contribution in [1.29, 1.82) is 0 Å². The molecular weight excluding hydrogens is 376 g/mol. The van der Waals surface area contributed by atoms with Crippen LogP contribution in [0.15, 0.2) is 52.5 Å². The monoisotopic (exact) mass is 386 g/mol. The van der Waals surface area contributed by atoms with Crippen LogP contribution >= 0.6 is 22.9 Å². The maximum Gasteiger partial charge on any atom is 0.339 e. The Bertz CT molecular complexity index is 1100. The Morgan fingerprint density at radius 1 is 1.19 bits per heavy atom. The van der Waals surface area contributed by atoms with Gasteiger partial charge in [-0.15, -0.1) is 11.3 Å². The number of halogens is 1. The van der Waals surface area contributed by atoms with Gasteiger partial charge >= 0.3 is 5.97 Å². The van der Waals surface area contributed by atoms with E-state index >= 15 is 0 Å². The molecule has 0 saturated carbocycles. The number of hydrogen-bond donors (Lipinski definition) is 3. The van der Waals surface area contributed by atoms with E-state index in [9.17, 15) is 14.7 Å². The molecule has 0 saturated heterocycles. The van der Waals surface area contributed by atoms with Crippen LogP contribution in [0.25, 0.3) is 21.5 Å². The zero-order chi connectivity index (χ0) is 18.3. The summed E-state index contributed by atoms with van der Waals surface area (Å²) >= 11 is 7.13. The highest BCUT2D eigenvalue weighted by atomic mass is 35.5. The fourth-order valence-corrected chi connectivity index (χ4v) is 3.76. The molecule has 0 radical (unpaired) electrons. The lowest BCUT2D eigenvalue weighted by atomic mass is 10.1. The number of thiophene rings is 1. The number of benzene rings is 1. The van der Waals surface area contributed by atoms with E-state index < -0.39 is 11.9 Å². The molecular formula is C18H11ClN2O4S. The van der Waals surface area contributed by atoms with E-state index in [2.05, 4.69) is 10.3 Å². The molecule has 0 unspecified atom stereocenters. The number of aromatic amines is 1. The molecule has 4 aromatic rings. The number of anilines is 1. The number of furan rings is 1. The number of carbonyl (C=O) groups is 2. The average Bonchev–Trinajstić information content (AvgIpc) is 3.29. The van der Waals surface area contributed by atoms with Crippen molar-refractivity contribution in [2.45, 2.75) is 0 Å². The number of aromatic carboxylic acids is 1. The minimum atomic E-state index is -1.12. The van der Waals surface area contributed by atoms with Crippen LogP contribution in [0.1, 0.15) is 20.8 Å². The van der Waals surface area contributed by atoms with Crippen LogP contribution in [-0.4, -0.2) is 22.0 Å². The fraction of sp³-hybridized carbons (Fsp3) is 0. The highest BCUT2D eigenvalue weighted by molar-refractivity contribution is 7.14. The summed E-state index contributed by atoms with van der Waals surface area (Å²) in [7, 11) is 0. The molecule has 6 nitrogen and oxygen atoms in total. The van der Waals surface area contributed by atoms with E-state index in [4.69, 9.17) is 16.0 Å². The van der Waals surface area contributed by atoms with Crippen molar-refractivity contribution < 1.29 is 19.1 Å².